The number of anilines is 1. The Kier molecular flexibility index (Phi) is 3.53. The molecular weight excluding hydrogens is 328 g/mol. The van der Waals surface area contributed by atoms with Crippen LogP contribution in [0.25, 0.3) is 11.2 Å². The van der Waals surface area contributed by atoms with E-state index in [1.165, 1.54) is 11.3 Å². The Balaban J connectivity index is 1.60. The molecule has 0 aliphatic carbocycles. The Morgan fingerprint density at radius 2 is 2.32 bits per heavy atom. The van der Waals surface area contributed by atoms with Gasteiger partial charge in [-0.1, -0.05) is 0 Å². The molecule has 0 unspecified atom stereocenters. The second kappa shape index (κ2) is 5.67. The fraction of sp³-hybridized carbons (Fsp3) is 0.333. The largest absolute Gasteiger partial charge is 0.457 e. The van der Waals surface area contributed by atoms with Gasteiger partial charge in [-0.2, -0.15) is 15.0 Å². The molecule has 1 fully saturated rings. The van der Waals surface area contributed by atoms with Gasteiger partial charge in [0.2, 0.25) is 5.28 Å². The summed E-state index contributed by atoms with van der Waals surface area (Å²) in [6.07, 6.45) is 0.0235. The van der Waals surface area contributed by atoms with Crippen molar-refractivity contribution < 1.29 is 9.47 Å². The first-order valence-electron chi connectivity index (χ1n) is 6.56. The van der Waals surface area contributed by atoms with Crippen LogP contribution in [0.2, 0.25) is 5.28 Å². The lowest BCUT2D eigenvalue weighted by molar-refractivity contribution is -0.0827. The maximum atomic E-state index is 5.95. The lowest BCUT2D eigenvalue weighted by Crippen LogP contribution is -2.38. The summed E-state index contributed by atoms with van der Waals surface area (Å²) >= 11 is 7.49. The van der Waals surface area contributed by atoms with Gasteiger partial charge in [0.25, 0.3) is 6.01 Å². The van der Waals surface area contributed by atoms with Crippen molar-refractivity contribution >= 4 is 39.9 Å². The summed E-state index contributed by atoms with van der Waals surface area (Å²) in [5.74, 6) is 0.541. The van der Waals surface area contributed by atoms with Gasteiger partial charge in [-0.3, -0.25) is 4.98 Å². The van der Waals surface area contributed by atoms with E-state index >= 15 is 0 Å². The second-order valence-electron chi connectivity index (χ2n) is 4.69. The topological polar surface area (TPSA) is 97.8 Å². The van der Waals surface area contributed by atoms with Crippen molar-refractivity contribution in [2.24, 2.45) is 0 Å². The molecule has 0 spiro atoms. The summed E-state index contributed by atoms with van der Waals surface area (Å²) < 4.78 is 10.7. The fourth-order valence-corrected chi connectivity index (χ4v) is 2.70. The van der Waals surface area contributed by atoms with Crippen LogP contribution in [0.1, 0.15) is 5.69 Å². The van der Waals surface area contributed by atoms with Crippen LogP contribution in [0, 0.1) is 0 Å². The number of H-pyrrole nitrogens is 1. The Hall–Kier alpha value is -1.97. The Bertz CT molecular complexity index is 788. The highest BCUT2D eigenvalue weighted by molar-refractivity contribution is 7.07. The van der Waals surface area contributed by atoms with E-state index in [-0.39, 0.29) is 11.4 Å². The number of fused-ring (bicyclic) bond motifs is 1. The third kappa shape index (κ3) is 2.70. The first-order chi connectivity index (χ1) is 10.8. The number of aromatic amines is 1. The van der Waals surface area contributed by atoms with Crippen LogP contribution in [0.15, 0.2) is 10.9 Å². The van der Waals surface area contributed by atoms with Crippen LogP contribution in [0.3, 0.4) is 0 Å². The fourth-order valence-electron chi connectivity index (χ4n) is 1.97. The number of hydrogen-bond donors (Lipinski definition) is 2. The van der Waals surface area contributed by atoms with Gasteiger partial charge in [0.1, 0.15) is 6.10 Å². The number of imidazole rings is 1. The highest BCUT2D eigenvalue weighted by atomic mass is 35.5. The van der Waals surface area contributed by atoms with Gasteiger partial charge in [0.05, 0.1) is 31.0 Å². The first-order valence-corrected chi connectivity index (χ1v) is 7.88. The number of ether oxygens (including phenoxy) is 2. The standard InChI is InChI=1S/C12H11ClN6O2S/c13-11-17-9(14-1-6-4-22-5-15-6)8-10(18-11)19-12(16-8)21-7-2-20-3-7/h4-5,7H,1-3H2,(H2,14,16,17,18,19). The summed E-state index contributed by atoms with van der Waals surface area (Å²) in [6.45, 7) is 1.67. The van der Waals surface area contributed by atoms with Crippen LogP contribution in [-0.4, -0.2) is 44.2 Å². The zero-order valence-electron chi connectivity index (χ0n) is 11.2. The van der Waals surface area contributed by atoms with E-state index in [0.29, 0.717) is 42.8 Å². The molecule has 0 atom stereocenters. The minimum Gasteiger partial charge on any atom is -0.457 e. The van der Waals surface area contributed by atoms with E-state index in [4.69, 9.17) is 21.1 Å². The number of aromatic nitrogens is 5. The summed E-state index contributed by atoms with van der Waals surface area (Å²) in [7, 11) is 0. The molecule has 0 bridgehead atoms. The Morgan fingerprint density at radius 3 is 3.05 bits per heavy atom. The lowest BCUT2D eigenvalue weighted by Gasteiger charge is -2.24. The molecule has 0 saturated carbocycles. The van der Waals surface area contributed by atoms with Gasteiger partial charge in [-0.15, -0.1) is 11.3 Å². The monoisotopic (exact) mass is 338 g/mol. The predicted molar refractivity (Wildman–Crippen MR) is 81.4 cm³/mol. The van der Waals surface area contributed by atoms with Gasteiger partial charge < -0.3 is 14.8 Å². The van der Waals surface area contributed by atoms with Crippen molar-refractivity contribution in [2.75, 3.05) is 18.5 Å². The number of nitrogens with one attached hydrogen (secondary N) is 2. The normalized spacial score (nSPS) is 15.0. The molecule has 4 heterocycles. The summed E-state index contributed by atoms with van der Waals surface area (Å²) in [5.41, 5.74) is 3.80. The molecule has 1 saturated heterocycles. The molecule has 1 aliphatic heterocycles. The minimum absolute atomic E-state index is 0.0235. The smallest absolute Gasteiger partial charge is 0.296 e. The van der Waals surface area contributed by atoms with E-state index in [1.54, 1.807) is 5.51 Å². The number of rotatable bonds is 5. The lowest BCUT2D eigenvalue weighted by atomic mass is 10.3. The van der Waals surface area contributed by atoms with Crippen molar-refractivity contribution in [1.29, 1.82) is 0 Å². The van der Waals surface area contributed by atoms with Crippen LogP contribution < -0.4 is 10.1 Å². The molecule has 2 N–H and O–H groups in total. The zero-order valence-corrected chi connectivity index (χ0v) is 12.8. The number of hydrogen-bond acceptors (Lipinski definition) is 8. The first kappa shape index (κ1) is 13.7. The van der Waals surface area contributed by atoms with Crippen molar-refractivity contribution in [3.05, 3.63) is 21.9 Å². The quantitative estimate of drug-likeness (QED) is 0.685. The molecule has 10 heteroatoms. The predicted octanol–water partition coefficient (Wildman–Crippen LogP) is 1.85. The molecule has 114 valence electrons. The van der Waals surface area contributed by atoms with E-state index in [1.807, 2.05) is 5.38 Å². The van der Waals surface area contributed by atoms with E-state index in [0.717, 1.165) is 5.69 Å². The van der Waals surface area contributed by atoms with Crippen LogP contribution in [-0.2, 0) is 11.3 Å². The summed E-state index contributed by atoms with van der Waals surface area (Å²) in [4.78, 5) is 19.9. The SMILES string of the molecule is Clc1nc(NCc2cscn2)c2nc(OC3COC3)[nH]c2n1. The van der Waals surface area contributed by atoms with E-state index < -0.39 is 0 Å². The molecule has 8 nitrogen and oxygen atoms in total. The second-order valence-corrected chi connectivity index (χ2v) is 5.75. The van der Waals surface area contributed by atoms with Gasteiger partial charge in [0.15, 0.2) is 17.0 Å². The molecule has 0 aromatic carbocycles. The zero-order chi connectivity index (χ0) is 14.9. The van der Waals surface area contributed by atoms with Crippen LogP contribution in [0.4, 0.5) is 5.82 Å². The van der Waals surface area contributed by atoms with E-state index in [9.17, 15) is 0 Å². The van der Waals surface area contributed by atoms with Crippen molar-refractivity contribution in [1.82, 2.24) is 24.9 Å². The molecular formula is C12H11ClN6O2S. The molecule has 0 amide bonds. The molecule has 0 radical (unpaired) electrons. The average molecular weight is 339 g/mol. The molecule has 4 rings (SSSR count). The van der Waals surface area contributed by atoms with Crippen molar-refractivity contribution in [3.63, 3.8) is 0 Å². The third-order valence-corrected chi connectivity index (χ3v) is 3.91. The molecule has 3 aromatic rings. The highest BCUT2D eigenvalue weighted by Crippen LogP contribution is 2.24. The Labute approximate surface area is 133 Å². The van der Waals surface area contributed by atoms with Crippen LogP contribution >= 0.6 is 22.9 Å². The number of halogens is 1. The maximum absolute atomic E-state index is 5.95. The molecule has 22 heavy (non-hydrogen) atoms. The number of nitrogens with zero attached hydrogens (tertiary/aromatic N) is 4. The van der Waals surface area contributed by atoms with Crippen molar-refractivity contribution in [3.8, 4) is 6.01 Å². The van der Waals surface area contributed by atoms with Gasteiger partial charge in [-0.25, -0.2) is 4.98 Å². The highest BCUT2D eigenvalue weighted by Gasteiger charge is 2.22. The summed E-state index contributed by atoms with van der Waals surface area (Å²) in [5, 5.41) is 5.27. The number of thiazole rings is 1. The Morgan fingerprint density at radius 1 is 1.41 bits per heavy atom. The molecule has 3 aromatic heterocycles. The van der Waals surface area contributed by atoms with Gasteiger partial charge in [0, 0.05) is 5.38 Å². The van der Waals surface area contributed by atoms with Gasteiger partial charge >= 0.3 is 0 Å². The van der Waals surface area contributed by atoms with Crippen LogP contribution in [0.5, 0.6) is 6.01 Å². The molecule has 1 aliphatic rings. The third-order valence-electron chi connectivity index (χ3n) is 3.10. The summed E-state index contributed by atoms with van der Waals surface area (Å²) in [6, 6.07) is 0.386. The van der Waals surface area contributed by atoms with Gasteiger partial charge in [-0.05, 0) is 11.6 Å². The van der Waals surface area contributed by atoms with Crippen molar-refractivity contribution in [2.45, 2.75) is 12.6 Å². The minimum atomic E-state index is 0.0235. The van der Waals surface area contributed by atoms with E-state index in [2.05, 4.69) is 30.2 Å². The maximum Gasteiger partial charge on any atom is 0.296 e. The average Bonchev–Trinajstić information content (AvgIpc) is 3.09.